The molecule has 0 unspecified atom stereocenters. The molecule has 1 saturated heterocycles. The lowest BCUT2D eigenvalue weighted by molar-refractivity contribution is -0.384. The number of anilines is 1. The highest BCUT2D eigenvalue weighted by Crippen LogP contribution is 2.20. The Balaban J connectivity index is 1.32. The minimum absolute atomic E-state index is 0.0286. The number of nitrogens with zero attached hydrogens (tertiary/aromatic N) is 3. The second-order valence-corrected chi connectivity index (χ2v) is 7.14. The van der Waals surface area contributed by atoms with E-state index in [1.54, 1.807) is 12.1 Å². The van der Waals surface area contributed by atoms with Gasteiger partial charge in [-0.25, -0.2) is 0 Å². The van der Waals surface area contributed by atoms with Crippen molar-refractivity contribution in [2.24, 2.45) is 0 Å². The van der Waals surface area contributed by atoms with Gasteiger partial charge in [-0.05, 0) is 43.3 Å². The van der Waals surface area contributed by atoms with Crippen molar-refractivity contribution in [3.63, 3.8) is 0 Å². The molecule has 0 aliphatic carbocycles. The van der Waals surface area contributed by atoms with E-state index < -0.39 is 4.92 Å². The first-order valence-electron chi connectivity index (χ1n) is 10.4. The van der Waals surface area contributed by atoms with Crippen molar-refractivity contribution in [2.75, 3.05) is 57.4 Å². The van der Waals surface area contributed by atoms with E-state index in [0.717, 1.165) is 43.4 Å². The molecule has 1 heterocycles. The minimum Gasteiger partial charge on any atom is -0.494 e. The third kappa shape index (κ3) is 6.85. The topological polar surface area (TPSA) is 97.2 Å². The van der Waals surface area contributed by atoms with Crippen LogP contribution in [0.15, 0.2) is 48.5 Å². The van der Waals surface area contributed by atoms with Gasteiger partial charge in [0.15, 0.2) is 0 Å². The lowest BCUT2D eigenvalue weighted by atomic mass is 10.2. The van der Waals surface area contributed by atoms with Gasteiger partial charge in [0.25, 0.3) is 5.69 Å². The number of piperazine rings is 1. The smallest absolute Gasteiger partial charge is 0.269 e. The summed E-state index contributed by atoms with van der Waals surface area (Å²) in [5.41, 5.74) is 1.05. The van der Waals surface area contributed by atoms with Crippen LogP contribution in [0, 0.1) is 10.1 Å². The van der Waals surface area contributed by atoms with Gasteiger partial charge in [-0.15, -0.1) is 0 Å². The molecule has 1 amide bonds. The Labute approximate surface area is 181 Å². The summed E-state index contributed by atoms with van der Waals surface area (Å²) in [6.45, 7) is 6.79. The summed E-state index contributed by atoms with van der Waals surface area (Å²) in [7, 11) is 0. The molecular formula is C22H28N4O5. The summed E-state index contributed by atoms with van der Waals surface area (Å²) < 4.78 is 11.0. The maximum Gasteiger partial charge on any atom is 0.269 e. The van der Waals surface area contributed by atoms with Crippen molar-refractivity contribution in [3.8, 4) is 11.5 Å². The monoisotopic (exact) mass is 428 g/mol. The molecule has 0 radical (unpaired) electrons. The number of carbonyl (C=O) groups is 1. The van der Waals surface area contributed by atoms with Crippen LogP contribution in [0.5, 0.6) is 11.5 Å². The maximum absolute atomic E-state index is 12.2. The zero-order chi connectivity index (χ0) is 22.1. The van der Waals surface area contributed by atoms with E-state index in [2.05, 4.69) is 15.1 Å². The number of non-ortho nitro benzene ring substituents is 1. The number of rotatable bonds is 10. The van der Waals surface area contributed by atoms with E-state index in [4.69, 9.17) is 9.47 Å². The molecule has 0 atom stereocenters. The second kappa shape index (κ2) is 11.2. The maximum atomic E-state index is 12.2. The molecule has 9 heteroatoms. The molecular weight excluding hydrogens is 400 g/mol. The van der Waals surface area contributed by atoms with Crippen LogP contribution < -0.4 is 19.7 Å². The summed E-state index contributed by atoms with van der Waals surface area (Å²) in [4.78, 5) is 26.8. The Kier molecular flexibility index (Phi) is 8.05. The van der Waals surface area contributed by atoms with Crippen LogP contribution >= 0.6 is 0 Å². The van der Waals surface area contributed by atoms with Gasteiger partial charge >= 0.3 is 0 Å². The highest BCUT2D eigenvalue weighted by atomic mass is 16.6. The zero-order valence-electron chi connectivity index (χ0n) is 17.7. The molecule has 2 aromatic carbocycles. The number of amides is 1. The van der Waals surface area contributed by atoms with Crippen LogP contribution in [-0.2, 0) is 4.79 Å². The van der Waals surface area contributed by atoms with Crippen molar-refractivity contribution < 1.29 is 19.2 Å². The molecule has 31 heavy (non-hydrogen) atoms. The molecule has 0 spiro atoms. The van der Waals surface area contributed by atoms with Gasteiger partial charge in [0.1, 0.15) is 18.1 Å². The molecule has 3 rings (SSSR count). The normalized spacial score (nSPS) is 14.2. The van der Waals surface area contributed by atoms with E-state index in [9.17, 15) is 14.9 Å². The summed E-state index contributed by atoms with van der Waals surface area (Å²) in [6, 6.07) is 14.0. The van der Waals surface area contributed by atoms with E-state index >= 15 is 0 Å². The quantitative estimate of drug-likeness (QED) is 0.352. The molecule has 0 bridgehead atoms. The molecule has 2 aromatic rings. The lowest BCUT2D eigenvalue weighted by Crippen LogP contribution is -2.49. The molecule has 1 fully saturated rings. The Morgan fingerprint density at radius 3 is 2.19 bits per heavy atom. The first-order chi connectivity index (χ1) is 15.0. The number of nitro benzene ring substituents is 1. The number of benzene rings is 2. The Morgan fingerprint density at radius 2 is 1.61 bits per heavy atom. The fourth-order valence-electron chi connectivity index (χ4n) is 3.37. The highest BCUT2D eigenvalue weighted by molar-refractivity contribution is 5.78. The fraction of sp³-hybridized carbons (Fsp3) is 0.409. The SMILES string of the molecule is CCOc1ccc(OCCNC(=O)CN2CCN(c3ccc([N+](=O)[O-])cc3)CC2)cc1. The van der Waals surface area contributed by atoms with Crippen LogP contribution in [0.4, 0.5) is 11.4 Å². The molecule has 166 valence electrons. The molecule has 9 nitrogen and oxygen atoms in total. The van der Waals surface area contributed by atoms with Gasteiger partial charge in [-0.2, -0.15) is 0 Å². The summed E-state index contributed by atoms with van der Waals surface area (Å²) in [5.74, 6) is 1.51. The summed E-state index contributed by atoms with van der Waals surface area (Å²) in [6.07, 6.45) is 0. The number of hydrogen-bond acceptors (Lipinski definition) is 7. The average molecular weight is 428 g/mol. The largest absolute Gasteiger partial charge is 0.494 e. The molecule has 1 N–H and O–H groups in total. The van der Waals surface area contributed by atoms with Crippen LogP contribution in [0.1, 0.15) is 6.92 Å². The number of carbonyl (C=O) groups excluding carboxylic acids is 1. The second-order valence-electron chi connectivity index (χ2n) is 7.14. The van der Waals surface area contributed by atoms with E-state index in [-0.39, 0.29) is 11.6 Å². The Hall–Kier alpha value is -3.33. The van der Waals surface area contributed by atoms with Gasteiger partial charge in [0.2, 0.25) is 5.91 Å². The fourth-order valence-corrected chi connectivity index (χ4v) is 3.37. The van der Waals surface area contributed by atoms with Gasteiger partial charge in [-0.1, -0.05) is 0 Å². The molecule has 0 saturated carbocycles. The average Bonchev–Trinajstić information content (AvgIpc) is 2.78. The van der Waals surface area contributed by atoms with Crippen LogP contribution in [0.2, 0.25) is 0 Å². The van der Waals surface area contributed by atoms with Crippen LogP contribution in [0.25, 0.3) is 0 Å². The van der Waals surface area contributed by atoms with Crippen molar-refractivity contribution in [1.82, 2.24) is 10.2 Å². The highest BCUT2D eigenvalue weighted by Gasteiger charge is 2.19. The predicted octanol–water partition coefficient (Wildman–Crippen LogP) is 2.31. The zero-order valence-corrected chi connectivity index (χ0v) is 17.7. The minimum atomic E-state index is -0.399. The number of nitrogens with one attached hydrogen (secondary N) is 1. The van der Waals surface area contributed by atoms with Gasteiger partial charge in [-0.3, -0.25) is 19.8 Å². The van der Waals surface area contributed by atoms with E-state index in [1.165, 1.54) is 12.1 Å². The number of hydrogen-bond donors (Lipinski definition) is 1. The Morgan fingerprint density at radius 1 is 1.00 bits per heavy atom. The van der Waals surface area contributed by atoms with E-state index in [0.29, 0.717) is 26.3 Å². The third-order valence-corrected chi connectivity index (χ3v) is 4.99. The van der Waals surface area contributed by atoms with Crippen molar-refractivity contribution in [2.45, 2.75) is 6.92 Å². The van der Waals surface area contributed by atoms with E-state index in [1.807, 2.05) is 31.2 Å². The number of ether oxygens (including phenoxy) is 2. The van der Waals surface area contributed by atoms with Gasteiger partial charge in [0, 0.05) is 44.0 Å². The van der Waals surface area contributed by atoms with Crippen LogP contribution in [0.3, 0.4) is 0 Å². The third-order valence-electron chi connectivity index (χ3n) is 4.99. The van der Waals surface area contributed by atoms with Crippen molar-refractivity contribution >= 4 is 17.3 Å². The number of nitro groups is 1. The Bertz CT molecular complexity index is 849. The van der Waals surface area contributed by atoms with Crippen molar-refractivity contribution in [1.29, 1.82) is 0 Å². The summed E-state index contributed by atoms with van der Waals surface area (Å²) in [5, 5.41) is 13.7. The van der Waals surface area contributed by atoms with Gasteiger partial charge < -0.3 is 19.7 Å². The summed E-state index contributed by atoms with van der Waals surface area (Å²) >= 11 is 0. The first kappa shape index (κ1) is 22.4. The van der Waals surface area contributed by atoms with Crippen molar-refractivity contribution in [3.05, 3.63) is 58.6 Å². The standard InChI is InChI=1S/C22H28N4O5/c1-2-30-20-7-9-21(10-8-20)31-16-11-23-22(27)17-24-12-14-25(15-13-24)18-3-5-19(6-4-18)26(28)29/h3-10H,2,11-17H2,1H3,(H,23,27). The molecule has 0 aromatic heterocycles. The van der Waals surface area contributed by atoms with Crippen LogP contribution in [-0.4, -0.2) is 68.2 Å². The molecule has 1 aliphatic heterocycles. The predicted molar refractivity (Wildman–Crippen MR) is 118 cm³/mol. The molecule has 1 aliphatic rings. The lowest BCUT2D eigenvalue weighted by Gasteiger charge is -2.35. The first-order valence-corrected chi connectivity index (χ1v) is 10.4. The van der Waals surface area contributed by atoms with Gasteiger partial charge in [0.05, 0.1) is 24.6 Å².